The molecule has 1 aromatic heterocycles. The summed E-state index contributed by atoms with van der Waals surface area (Å²) in [5, 5.41) is 0. The highest BCUT2D eigenvalue weighted by Crippen LogP contribution is 2.33. The third kappa shape index (κ3) is 2.35. The molecule has 1 aliphatic heterocycles. The van der Waals surface area contributed by atoms with Gasteiger partial charge in [-0.3, -0.25) is 0 Å². The summed E-state index contributed by atoms with van der Waals surface area (Å²) >= 11 is 0. The molecule has 2 amide bonds. The Labute approximate surface area is 122 Å². The van der Waals surface area contributed by atoms with Gasteiger partial charge in [0.05, 0.1) is 12.2 Å². The second-order valence-electron chi connectivity index (χ2n) is 5.31. The average molecular weight is 285 g/mol. The minimum atomic E-state index is -0.376. The van der Waals surface area contributed by atoms with Crippen LogP contribution in [-0.2, 0) is 6.54 Å². The summed E-state index contributed by atoms with van der Waals surface area (Å²) in [6.07, 6.45) is 1.64. The van der Waals surface area contributed by atoms with E-state index in [2.05, 4.69) is 4.98 Å². The van der Waals surface area contributed by atoms with E-state index in [9.17, 15) is 9.18 Å². The van der Waals surface area contributed by atoms with Crippen LogP contribution in [0.1, 0.15) is 19.4 Å². The average Bonchev–Trinajstić information content (AvgIpc) is 2.46. The molecule has 0 unspecified atom stereocenters. The Kier molecular flexibility index (Phi) is 3.33. The normalized spacial score (nSPS) is 14.6. The van der Waals surface area contributed by atoms with Crippen molar-refractivity contribution in [3.05, 3.63) is 54.0 Å². The number of benzene rings is 1. The summed E-state index contributed by atoms with van der Waals surface area (Å²) in [5.74, 6) is 0.199. The molecule has 0 saturated heterocycles. The van der Waals surface area contributed by atoms with E-state index in [1.54, 1.807) is 23.2 Å². The first-order chi connectivity index (χ1) is 10.1. The second kappa shape index (κ2) is 5.16. The topological polar surface area (TPSA) is 36.4 Å². The van der Waals surface area contributed by atoms with Gasteiger partial charge < -0.3 is 4.90 Å². The molecule has 0 atom stereocenters. The number of hydrogen-bond acceptors (Lipinski definition) is 2. The van der Waals surface area contributed by atoms with Gasteiger partial charge in [-0.25, -0.2) is 19.1 Å². The van der Waals surface area contributed by atoms with Gasteiger partial charge in [0.1, 0.15) is 11.6 Å². The number of nitrogens with zero attached hydrogens (tertiary/aromatic N) is 3. The molecule has 108 valence electrons. The molecule has 2 heterocycles. The minimum absolute atomic E-state index is 0.0573. The number of halogens is 1. The lowest BCUT2D eigenvalue weighted by atomic mass is 10.1. The lowest BCUT2D eigenvalue weighted by Crippen LogP contribution is -2.48. The zero-order valence-electron chi connectivity index (χ0n) is 12.0. The van der Waals surface area contributed by atoms with E-state index in [4.69, 9.17) is 0 Å². The van der Waals surface area contributed by atoms with Crippen LogP contribution in [0.3, 0.4) is 0 Å². The number of pyridine rings is 1. The molecule has 2 aromatic rings. The van der Waals surface area contributed by atoms with Crippen molar-refractivity contribution in [3.8, 4) is 0 Å². The van der Waals surface area contributed by atoms with Crippen molar-refractivity contribution >= 4 is 17.5 Å². The van der Waals surface area contributed by atoms with Gasteiger partial charge in [-0.2, -0.15) is 0 Å². The Morgan fingerprint density at radius 2 is 2.05 bits per heavy atom. The Balaban J connectivity index is 2.14. The summed E-state index contributed by atoms with van der Waals surface area (Å²) in [6, 6.07) is 9.67. The molecule has 0 aliphatic carbocycles. The number of urea groups is 1. The summed E-state index contributed by atoms with van der Waals surface area (Å²) in [4.78, 5) is 20.3. The lowest BCUT2D eigenvalue weighted by Gasteiger charge is -2.38. The Bertz CT molecular complexity index is 687. The van der Waals surface area contributed by atoms with E-state index in [1.807, 2.05) is 26.0 Å². The molecule has 0 N–H and O–H groups in total. The van der Waals surface area contributed by atoms with Crippen molar-refractivity contribution in [2.24, 2.45) is 0 Å². The molecule has 0 bridgehead atoms. The summed E-state index contributed by atoms with van der Waals surface area (Å²) in [7, 11) is 0. The van der Waals surface area contributed by atoms with Gasteiger partial charge in [-0.15, -0.1) is 0 Å². The standard InChI is InChI=1S/C16H16FN3O/c1-11(2)19-10-12-5-4-8-18-15(12)20(16(19)21)14-7-3-6-13(17)9-14/h3-9,11H,10H2,1-2H3. The van der Waals surface area contributed by atoms with Crippen LogP contribution < -0.4 is 4.90 Å². The molecule has 21 heavy (non-hydrogen) atoms. The monoisotopic (exact) mass is 285 g/mol. The molecular weight excluding hydrogens is 269 g/mol. The highest BCUT2D eigenvalue weighted by atomic mass is 19.1. The molecule has 5 heteroatoms. The number of anilines is 2. The van der Waals surface area contributed by atoms with Gasteiger partial charge in [0, 0.05) is 17.8 Å². The molecule has 0 radical (unpaired) electrons. The number of rotatable bonds is 2. The van der Waals surface area contributed by atoms with Crippen LogP contribution >= 0.6 is 0 Å². The SMILES string of the molecule is CC(C)N1Cc2cccnc2N(c2cccc(F)c2)C1=O. The summed E-state index contributed by atoms with van der Waals surface area (Å²) in [6.45, 7) is 4.44. The first-order valence-electron chi connectivity index (χ1n) is 6.88. The minimum Gasteiger partial charge on any atom is -0.317 e. The van der Waals surface area contributed by atoms with Gasteiger partial charge in [-0.05, 0) is 38.1 Å². The lowest BCUT2D eigenvalue weighted by molar-refractivity contribution is 0.185. The highest BCUT2D eigenvalue weighted by molar-refractivity contribution is 6.00. The molecule has 3 rings (SSSR count). The first-order valence-corrected chi connectivity index (χ1v) is 6.88. The number of amides is 2. The van der Waals surface area contributed by atoms with Crippen LogP contribution in [0.4, 0.5) is 20.7 Å². The van der Waals surface area contributed by atoms with Crippen LogP contribution in [0.15, 0.2) is 42.6 Å². The quantitative estimate of drug-likeness (QED) is 0.843. The first kappa shape index (κ1) is 13.5. The Hall–Kier alpha value is -2.43. The van der Waals surface area contributed by atoms with E-state index < -0.39 is 0 Å². The molecule has 4 nitrogen and oxygen atoms in total. The van der Waals surface area contributed by atoms with Crippen molar-refractivity contribution in [1.29, 1.82) is 0 Å². The predicted molar refractivity (Wildman–Crippen MR) is 78.9 cm³/mol. The number of carbonyl (C=O) groups excluding carboxylic acids is 1. The fourth-order valence-electron chi connectivity index (χ4n) is 2.48. The zero-order valence-corrected chi connectivity index (χ0v) is 12.0. The van der Waals surface area contributed by atoms with E-state index in [-0.39, 0.29) is 17.9 Å². The van der Waals surface area contributed by atoms with E-state index in [0.717, 1.165) is 5.56 Å². The maximum Gasteiger partial charge on any atom is 0.330 e. The van der Waals surface area contributed by atoms with E-state index in [0.29, 0.717) is 18.1 Å². The van der Waals surface area contributed by atoms with E-state index in [1.165, 1.54) is 17.0 Å². The van der Waals surface area contributed by atoms with Crippen LogP contribution in [0.25, 0.3) is 0 Å². The highest BCUT2D eigenvalue weighted by Gasteiger charge is 2.33. The number of aromatic nitrogens is 1. The fourth-order valence-corrected chi connectivity index (χ4v) is 2.48. The van der Waals surface area contributed by atoms with Crippen LogP contribution in [0, 0.1) is 5.82 Å². The van der Waals surface area contributed by atoms with Gasteiger partial charge >= 0.3 is 6.03 Å². The number of carbonyl (C=O) groups is 1. The van der Waals surface area contributed by atoms with Crippen LogP contribution in [-0.4, -0.2) is 22.0 Å². The summed E-state index contributed by atoms with van der Waals surface area (Å²) < 4.78 is 13.5. The van der Waals surface area contributed by atoms with Crippen molar-refractivity contribution in [3.63, 3.8) is 0 Å². The van der Waals surface area contributed by atoms with E-state index >= 15 is 0 Å². The maximum atomic E-state index is 13.5. The summed E-state index contributed by atoms with van der Waals surface area (Å²) in [5.41, 5.74) is 1.44. The molecule has 0 spiro atoms. The molecule has 0 saturated carbocycles. The number of fused-ring (bicyclic) bond motifs is 1. The molecule has 1 aliphatic rings. The van der Waals surface area contributed by atoms with Crippen molar-refractivity contribution < 1.29 is 9.18 Å². The van der Waals surface area contributed by atoms with Crippen LogP contribution in [0.2, 0.25) is 0 Å². The van der Waals surface area contributed by atoms with Crippen molar-refractivity contribution in [2.45, 2.75) is 26.4 Å². The number of hydrogen-bond donors (Lipinski definition) is 0. The van der Waals surface area contributed by atoms with Crippen LogP contribution in [0.5, 0.6) is 0 Å². The van der Waals surface area contributed by atoms with Crippen molar-refractivity contribution in [1.82, 2.24) is 9.88 Å². The van der Waals surface area contributed by atoms with Gasteiger partial charge in [-0.1, -0.05) is 12.1 Å². The second-order valence-corrected chi connectivity index (χ2v) is 5.31. The van der Waals surface area contributed by atoms with Gasteiger partial charge in [0.15, 0.2) is 0 Å². The molecule has 1 aromatic carbocycles. The Morgan fingerprint density at radius 1 is 1.24 bits per heavy atom. The van der Waals surface area contributed by atoms with Crippen molar-refractivity contribution in [2.75, 3.05) is 4.90 Å². The van der Waals surface area contributed by atoms with Gasteiger partial charge in [0.25, 0.3) is 0 Å². The fraction of sp³-hybridized carbons (Fsp3) is 0.250. The third-order valence-electron chi connectivity index (χ3n) is 3.55. The smallest absolute Gasteiger partial charge is 0.317 e. The maximum absolute atomic E-state index is 13.5. The Morgan fingerprint density at radius 3 is 2.76 bits per heavy atom. The largest absolute Gasteiger partial charge is 0.330 e. The molecule has 0 fully saturated rings. The molecular formula is C16H16FN3O. The predicted octanol–water partition coefficient (Wildman–Crippen LogP) is 3.70. The van der Waals surface area contributed by atoms with Gasteiger partial charge in [0.2, 0.25) is 0 Å². The third-order valence-corrected chi connectivity index (χ3v) is 3.55. The zero-order chi connectivity index (χ0) is 15.0.